The average Bonchev–Trinajstić information content (AvgIpc) is 3.02. The summed E-state index contributed by atoms with van der Waals surface area (Å²) in [6.45, 7) is 7.15. The highest BCUT2D eigenvalue weighted by Gasteiger charge is 2.33. The molecule has 1 fully saturated rings. The van der Waals surface area contributed by atoms with E-state index in [-0.39, 0.29) is 34.7 Å². The Bertz CT molecular complexity index is 937. The molecule has 2 N–H and O–H groups in total. The number of sulfonamides is 1. The molecule has 1 saturated carbocycles. The Morgan fingerprint density at radius 3 is 2.28 bits per heavy atom. The number of nitrogens with zero attached hydrogens (tertiary/aromatic N) is 1. The van der Waals surface area contributed by atoms with Crippen LogP contribution in [-0.2, 0) is 26.0 Å². The summed E-state index contributed by atoms with van der Waals surface area (Å²) < 4.78 is 29.0. The maximum atomic E-state index is 13.2. The molecule has 0 aromatic heterocycles. The SMILES string of the molecule is CC(=O)N1c2ccc(S(=O)(=O)NC(C(=O)NC3CCCCCCC3)C(C)C)cc2CC1C. The zero-order valence-electron chi connectivity index (χ0n) is 19.7. The number of hydrogen-bond acceptors (Lipinski definition) is 4. The lowest BCUT2D eigenvalue weighted by atomic mass is 9.96. The van der Waals surface area contributed by atoms with Crippen LogP contribution in [0.4, 0.5) is 5.69 Å². The Morgan fingerprint density at radius 2 is 1.69 bits per heavy atom. The second-order valence-electron chi connectivity index (χ2n) is 9.63. The second-order valence-corrected chi connectivity index (χ2v) is 11.3. The van der Waals surface area contributed by atoms with Gasteiger partial charge in [-0.15, -0.1) is 0 Å². The van der Waals surface area contributed by atoms with E-state index in [1.807, 2.05) is 20.8 Å². The number of hydrogen-bond donors (Lipinski definition) is 2. The quantitative estimate of drug-likeness (QED) is 0.675. The zero-order chi connectivity index (χ0) is 23.5. The predicted molar refractivity (Wildman–Crippen MR) is 126 cm³/mol. The van der Waals surface area contributed by atoms with Crippen LogP contribution < -0.4 is 14.9 Å². The monoisotopic (exact) mass is 463 g/mol. The minimum atomic E-state index is -3.89. The number of amides is 2. The molecule has 32 heavy (non-hydrogen) atoms. The van der Waals surface area contributed by atoms with E-state index in [1.54, 1.807) is 17.0 Å². The first kappa shape index (κ1) is 24.7. The van der Waals surface area contributed by atoms with Gasteiger partial charge in [0.05, 0.1) is 4.90 Å². The Hall–Kier alpha value is -1.93. The van der Waals surface area contributed by atoms with E-state index < -0.39 is 16.1 Å². The summed E-state index contributed by atoms with van der Waals surface area (Å²) in [5.74, 6) is -0.511. The van der Waals surface area contributed by atoms with Crippen LogP contribution in [0.2, 0.25) is 0 Å². The van der Waals surface area contributed by atoms with Crippen molar-refractivity contribution in [2.45, 2.75) is 102 Å². The van der Waals surface area contributed by atoms with Crippen molar-refractivity contribution < 1.29 is 18.0 Å². The molecule has 1 aliphatic carbocycles. The fourth-order valence-corrected chi connectivity index (χ4v) is 6.27. The van der Waals surface area contributed by atoms with Gasteiger partial charge in [0.25, 0.3) is 0 Å². The summed E-state index contributed by atoms with van der Waals surface area (Å²) in [5, 5.41) is 3.10. The number of rotatable bonds is 6. The molecule has 0 bridgehead atoms. The second kappa shape index (κ2) is 10.3. The first-order valence-corrected chi connectivity index (χ1v) is 13.3. The van der Waals surface area contributed by atoms with Crippen LogP contribution in [-0.4, -0.2) is 38.4 Å². The molecule has 0 saturated heterocycles. The van der Waals surface area contributed by atoms with Crippen LogP contribution in [0.1, 0.15) is 78.2 Å². The average molecular weight is 464 g/mol. The van der Waals surface area contributed by atoms with E-state index in [2.05, 4.69) is 10.0 Å². The first-order valence-electron chi connectivity index (χ1n) is 11.9. The molecule has 7 nitrogen and oxygen atoms in total. The number of benzene rings is 1. The highest BCUT2D eigenvalue weighted by Crippen LogP contribution is 2.34. The number of carbonyl (C=O) groups excluding carboxylic acids is 2. The topological polar surface area (TPSA) is 95.6 Å². The third-order valence-electron chi connectivity index (χ3n) is 6.60. The lowest BCUT2D eigenvalue weighted by Gasteiger charge is -2.26. The molecule has 1 heterocycles. The fourth-order valence-electron chi connectivity index (χ4n) is 4.87. The van der Waals surface area contributed by atoms with Crippen molar-refractivity contribution in [1.82, 2.24) is 10.0 Å². The molecule has 1 aromatic rings. The predicted octanol–water partition coefficient (Wildman–Crippen LogP) is 3.52. The van der Waals surface area contributed by atoms with Crippen molar-refractivity contribution in [3.63, 3.8) is 0 Å². The number of nitrogens with one attached hydrogen (secondary N) is 2. The van der Waals surface area contributed by atoms with Gasteiger partial charge in [-0.2, -0.15) is 4.72 Å². The fraction of sp³-hybridized carbons (Fsp3) is 0.667. The van der Waals surface area contributed by atoms with Gasteiger partial charge in [0.1, 0.15) is 6.04 Å². The Balaban J connectivity index is 1.75. The van der Waals surface area contributed by atoms with E-state index in [9.17, 15) is 18.0 Å². The lowest BCUT2D eigenvalue weighted by Crippen LogP contribution is -2.52. The summed E-state index contributed by atoms with van der Waals surface area (Å²) in [6, 6.07) is 4.08. The zero-order valence-corrected chi connectivity index (χ0v) is 20.5. The molecular weight excluding hydrogens is 426 g/mol. The van der Waals surface area contributed by atoms with Gasteiger partial charge >= 0.3 is 0 Å². The molecule has 0 spiro atoms. The van der Waals surface area contributed by atoms with Crippen molar-refractivity contribution in [3.05, 3.63) is 23.8 Å². The molecular formula is C24H37N3O4S. The van der Waals surface area contributed by atoms with Crippen LogP contribution in [0, 0.1) is 5.92 Å². The standard InChI is InChI=1S/C24H37N3O4S/c1-16(2)23(24(29)25-20-10-8-6-5-7-9-11-20)26-32(30,31)21-12-13-22-19(15-21)14-17(3)27(22)18(4)28/h12-13,15-17,20,23,26H,5-11,14H2,1-4H3,(H,25,29). The highest BCUT2D eigenvalue weighted by molar-refractivity contribution is 7.89. The van der Waals surface area contributed by atoms with Crippen LogP contribution in [0.3, 0.4) is 0 Å². The van der Waals surface area contributed by atoms with E-state index in [1.165, 1.54) is 32.3 Å². The number of anilines is 1. The molecule has 2 aliphatic rings. The van der Waals surface area contributed by atoms with Crippen LogP contribution in [0.15, 0.2) is 23.1 Å². The lowest BCUT2D eigenvalue weighted by molar-refractivity contribution is -0.124. The molecule has 2 amide bonds. The minimum absolute atomic E-state index is 0.00798. The smallest absolute Gasteiger partial charge is 0.241 e. The number of carbonyl (C=O) groups is 2. The molecule has 8 heteroatoms. The van der Waals surface area contributed by atoms with E-state index in [4.69, 9.17) is 0 Å². The maximum Gasteiger partial charge on any atom is 0.241 e. The van der Waals surface area contributed by atoms with Gasteiger partial charge in [-0.05, 0) is 55.9 Å². The van der Waals surface area contributed by atoms with Gasteiger partial charge in [0.2, 0.25) is 21.8 Å². The van der Waals surface area contributed by atoms with Crippen molar-refractivity contribution in [2.75, 3.05) is 4.90 Å². The van der Waals surface area contributed by atoms with Gasteiger partial charge in [-0.1, -0.05) is 46.0 Å². The largest absolute Gasteiger partial charge is 0.352 e. The Morgan fingerprint density at radius 1 is 1.06 bits per heavy atom. The first-order chi connectivity index (χ1) is 15.1. The molecule has 178 valence electrons. The Kier molecular flexibility index (Phi) is 7.98. The van der Waals surface area contributed by atoms with Crippen molar-refractivity contribution in [2.24, 2.45) is 5.92 Å². The normalized spacial score (nSPS) is 21.0. The van der Waals surface area contributed by atoms with Crippen LogP contribution in [0.5, 0.6) is 0 Å². The van der Waals surface area contributed by atoms with E-state index >= 15 is 0 Å². The van der Waals surface area contributed by atoms with Crippen molar-refractivity contribution >= 4 is 27.5 Å². The van der Waals surface area contributed by atoms with Crippen molar-refractivity contribution in [3.8, 4) is 0 Å². The molecule has 2 atom stereocenters. The van der Waals surface area contributed by atoms with E-state index in [0.717, 1.165) is 36.9 Å². The van der Waals surface area contributed by atoms with Gasteiger partial charge in [-0.3, -0.25) is 9.59 Å². The summed E-state index contributed by atoms with van der Waals surface area (Å²) in [6.07, 6.45) is 8.29. The maximum absolute atomic E-state index is 13.2. The van der Waals surface area contributed by atoms with Crippen LogP contribution in [0.25, 0.3) is 0 Å². The molecule has 1 aromatic carbocycles. The Labute approximate surface area is 192 Å². The van der Waals surface area contributed by atoms with Crippen LogP contribution >= 0.6 is 0 Å². The minimum Gasteiger partial charge on any atom is -0.352 e. The van der Waals surface area contributed by atoms with Gasteiger partial charge in [0, 0.05) is 24.7 Å². The third kappa shape index (κ3) is 5.70. The summed E-state index contributed by atoms with van der Waals surface area (Å²) in [5.41, 5.74) is 1.59. The number of fused-ring (bicyclic) bond motifs is 1. The summed E-state index contributed by atoms with van der Waals surface area (Å²) >= 11 is 0. The molecule has 3 rings (SSSR count). The summed E-state index contributed by atoms with van der Waals surface area (Å²) in [4.78, 5) is 26.8. The highest BCUT2D eigenvalue weighted by atomic mass is 32.2. The van der Waals surface area contributed by atoms with Crippen molar-refractivity contribution in [1.29, 1.82) is 0 Å². The summed E-state index contributed by atoms with van der Waals surface area (Å²) in [7, 11) is -3.89. The van der Waals surface area contributed by atoms with E-state index in [0.29, 0.717) is 6.42 Å². The van der Waals surface area contributed by atoms with Gasteiger partial charge < -0.3 is 10.2 Å². The molecule has 0 radical (unpaired) electrons. The van der Waals surface area contributed by atoms with Gasteiger partial charge in [-0.25, -0.2) is 8.42 Å². The van der Waals surface area contributed by atoms with Gasteiger partial charge in [0.15, 0.2) is 0 Å². The molecule has 2 unspecified atom stereocenters. The molecule has 1 aliphatic heterocycles. The third-order valence-corrected chi connectivity index (χ3v) is 8.04.